The van der Waals surface area contributed by atoms with Crippen LogP contribution in [-0.4, -0.2) is 12.5 Å². The number of hydrogen-bond donors (Lipinski definition) is 2. The Morgan fingerprint density at radius 2 is 2.00 bits per heavy atom. The minimum absolute atomic E-state index is 0. The van der Waals surface area contributed by atoms with Gasteiger partial charge in [-0.2, -0.15) is 0 Å². The van der Waals surface area contributed by atoms with Crippen molar-refractivity contribution in [3.63, 3.8) is 0 Å². The van der Waals surface area contributed by atoms with Crippen LogP contribution in [0.4, 0.5) is 0 Å². The maximum absolute atomic E-state index is 11.1. The van der Waals surface area contributed by atoms with Gasteiger partial charge in [-0.15, -0.1) is 12.4 Å². The molecule has 15 heavy (non-hydrogen) atoms. The van der Waals surface area contributed by atoms with Gasteiger partial charge in [-0.25, -0.2) is 0 Å². The van der Waals surface area contributed by atoms with Gasteiger partial charge in [-0.1, -0.05) is 37.3 Å². The smallest absolute Gasteiger partial charge is 0.234 e. The lowest BCUT2D eigenvalue weighted by atomic mass is 10.0. The number of benzene rings is 1. The summed E-state index contributed by atoms with van der Waals surface area (Å²) < 4.78 is 0. The van der Waals surface area contributed by atoms with Crippen LogP contribution in [0.25, 0.3) is 0 Å². The number of carbonyl (C=O) groups is 1. The third kappa shape index (κ3) is 4.32. The molecule has 1 aromatic rings. The van der Waals surface area contributed by atoms with Crippen LogP contribution in [-0.2, 0) is 4.79 Å². The summed E-state index contributed by atoms with van der Waals surface area (Å²) in [5.41, 5.74) is 6.36. The van der Waals surface area contributed by atoms with Crippen molar-refractivity contribution in [2.75, 3.05) is 6.54 Å². The van der Waals surface area contributed by atoms with E-state index in [2.05, 4.69) is 5.32 Å². The van der Waals surface area contributed by atoms with Crippen LogP contribution in [0.2, 0.25) is 0 Å². The number of hydrogen-bond acceptors (Lipinski definition) is 2. The van der Waals surface area contributed by atoms with Crippen LogP contribution < -0.4 is 11.1 Å². The topological polar surface area (TPSA) is 55.1 Å². The number of rotatable bonds is 4. The van der Waals surface area contributed by atoms with Crippen LogP contribution in [0.15, 0.2) is 30.3 Å². The Bertz CT molecular complexity index is 290. The zero-order valence-electron chi connectivity index (χ0n) is 8.77. The van der Waals surface area contributed by atoms with Crippen LogP contribution >= 0.6 is 12.4 Å². The third-order valence-corrected chi connectivity index (χ3v) is 2.13. The highest BCUT2D eigenvalue weighted by Gasteiger charge is 2.10. The standard InChI is InChI=1S/C11H16N2O.ClH/c1-2-10(13-11(14)8-12)9-6-4-3-5-7-9;/h3-7,10H,2,8,12H2,1H3,(H,13,14);1H. The van der Waals surface area contributed by atoms with Crippen molar-refractivity contribution in [3.05, 3.63) is 35.9 Å². The largest absolute Gasteiger partial charge is 0.348 e. The van der Waals surface area contributed by atoms with Gasteiger partial charge in [0.2, 0.25) is 5.91 Å². The van der Waals surface area contributed by atoms with E-state index in [1.165, 1.54) is 0 Å². The molecule has 0 heterocycles. The lowest BCUT2D eigenvalue weighted by Crippen LogP contribution is -2.33. The Hall–Kier alpha value is -1.06. The minimum Gasteiger partial charge on any atom is -0.348 e. The van der Waals surface area contributed by atoms with Gasteiger partial charge in [0, 0.05) is 0 Å². The van der Waals surface area contributed by atoms with E-state index >= 15 is 0 Å². The van der Waals surface area contributed by atoms with Crippen molar-refractivity contribution in [1.82, 2.24) is 5.32 Å². The van der Waals surface area contributed by atoms with Gasteiger partial charge in [-0.05, 0) is 12.0 Å². The second-order valence-electron chi connectivity index (χ2n) is 3.14. The molecule has 0 radical (unpaired) electrons. The van der Waals surface area contributed by atoms with Gasteiger partial charge in [0.15, 0.2) is 0 Å². The molecule has 4 heteroatoms. The average molecular weight is 229 g/mol. The molecule has 0 bridgehead atoms. The summed E-state index contributed by atoms with van der Waals surface area (Å²) in [6, 6.07) is 9.98. The van der Waals surface area contributed by atoms with E-state index in [4.69, 9.17) is 5.73 Å². The summed E-state index contributed by atoms with van der Waals surface area (Å²) in [5, 5.41) is 2.87. The van der Waals surface area contributed by atoms with E-state index in [1.807, 2.05) is 37.3 Å². The Kier molecular flexibility index (Phi) is 6.75. The zero-order chi connectivity index (χ0) is 10.4. The highest BCUT2D eigenvalue weighted by atomic mass is 35.5. The number of halogens is 1. The molecule has 0 fully saturated rings. The lowest BCUT2D eigenvalue weighted by Gasteiger charge is -2.16. The fourth-order valence-corrected chi connectivity index (χ4v) is 1.36. The van der Waals surface area contributed by atoms with Crippen molar-refractivity contribution in [2.45, 2.75) is 19.4 Å². The lowest BCUT2D eigenvalue weighted by molar-refractivity contribution is -0.120. The molecule has 0 aliphatic carbocycles. The normalized spacial score (nSPS) is 11.3. The molecule has 84 valence electrons. The Morgan fingerprint density at radius 3 is 2.47 bits per heavy atom. The molecule has 0 spiro atoms. The number of nitrogens with two attached hydrogens (primary N) is 1. The second kappa shape index (κ2) is 7.26. The molecular weight excluding hydrogens is 212 g/mol. The number of carbonyl (C=O) groups excluding carboxylic acids is 1. The Balaban J connectivity index is 0.00000196. The first-order chi connectivity index (χ1) is 6.77. The Labute approximate surface area is 96.5 Å². The van der Waals surface area contributed by atoms with Gasteiger partial charge in [-0.3, -0.25) is 4.79 Å². The molecule has 1 unspecified atom stereocenters. The first-order valence-electron chi connectivity index (χ1n) is 4.82. The molecule has 1 amide bonds. The average Bonchev–Trinajstić information content (AvgIpc) is 2.26. The summed E-state index contributed by atoms with van der Waals surface area (Å²) in [6.45, 7) is 2.08. The minimum atomic E-state index is -0.110. The quantitative estimate of drug-likeness (QED) is 0.823. The summed E-state index contributed by atoms with van der Waals surface area (Å²) in [7, 11) is 0. The van der Waals surface area contributed by atoms with Crippen molar-refractivity contribution < 1.29 is 4.79 Å². The first kappa shape index (κ1) is 13.9. The van der Waals surface area contributed by atoms with Gasteiger partial charge in [0.25, 0.3) is 0 Å². The molecule has 1 atom stereocenters. The van der Waals surface area contributed by atoms with E-state index in [9.17, 15) is 4.79 Å². The molecule has 3 N–H and O–H groups in total. The molecule has 1 rings (SSSR count). The van der Waals surface area contributed by atoms with Gasteiger partial charge >= 0.3 is 0 Å². The predicted octanol–water partition coefficient (Wildman–Crippen LogP) is 1.63. The second-order valence-corrected chi connectivity index (χ2v) is 3.14. The predicted molar refractivity (Wildman–Crippen MR) is 63.9 cm³/mol. The molecule has 0 aliphatic rings. The molecule has 0 aliphatic heterocycles. The summed E-state index contributed by atoms with van der Waals surface area (Å²) in [4.78, 5) is 11.1. The molecule has 0 saturated carbocycles. The van der Waals surface area contributed by atoms with Crippen molar-refractivity contribution in [1.29, 1.82) is 0 Å². The van der Waals surface area contributed by atoms with Crippen molar-refractivity contribution >= 4 is 18.3 Å². The van der Waals surface area contributed by atoms with E-state index in [0.717, 1.165) is 12.0 Å². The van der Waals surface area contributed by atoms with Crippen molar-refractivity contribution in [3.8, 4) is 0 Å². The zero-order valence-corrected chi connectivity index (χ0v) is 9.59. The first-order valence-corrected chi connectivity index (χ1v) is 4.82. The molecular formula is C11H17ClN2O. The van der Waals surface area contributed by atoms with Crippen LogP contribution in [0.3, 0.4) is 0 Å². The number of nitrogens with one attached hydrogen (secondary N) is 1. The van der Waals surface area contributed by atoms with Gasteiger partial charge in [0.1, 0.15) is 0 Å². The summed E-state index contributed by atoms with van der Waals surface area (Å²) >= 11 is 0. The van der Waals surface area contributed by atoms with E-state index in [0.29, 0.717) is 0 Å². The SMILES string of the molecule is CCC(NC(=O)CN)c1ccccc1.Cl. The monoisotopic (exact) mass is 228 g/mol. The van der Waals surface area contributed by atoms with E-state index < -0.39 is 0 Å². The molecule has 0 saturated heterocycles. The van der Waals surface area contributed by atoms with Crippen LogP contribution in [0, 0.1) is 0 Å². The third-order valence-electron chi connectivity index (χ3n) is 2.13. The van der Waals surface area contributed by atoms with Crippen LogP contribution in [0.5, 0.6) is 0 Å². The van der Waals surface area contributed by atoms with E-state index in [1.54, 1.807) is 0 Å². The fourth-order valence-electron chi connectivity index (χ4n) is 1.36. The van der Waals surface area contributed by atoms with E-state index in [-0.39, 0.29) is 30.9 Å². The maximum Gasteiger partial charge on any atom is 0.234 e. The number of amides is 1. The highest BCUT2D eigenvalue weighted by molar-refractivity contribution is 5.85. The summed E-state index contributed by atoms with van der Waals surface area (Å²) in [6.07, 6.45) is 0.871. The van der Waals surface area contributed by atoms with Gasteiger partial charge in [0.05, 0.1) is 12.6 Å². The van der Waals surface area contributed by atoms with Gasteiger partial charge < -0.3 is 11.1 Å². The molecule has 1 aromatic carbocycles. The Morgan fingerprint density at radius 1 is 1.40 bits per heavy atom. The highest BCUT2D eigenvalue weighted by Crippen LogP contribution is 2.15. The van der Waals surface area contributed by atoms with Crippen LogP contribution in [0.1, 0.15) is 24.9 Å². The fraction of sp³-hybridized carbons (Fsp3) is 0.364. The molecule has 0 aromatic heterocycles. The molecule has 3 nitrogen and oxygen atoms in total. The maximum atomic E-state index is 11.1. The summed E-state index contributed by atoms with van der Waals surface area (Å²) in [5.74, 6) is -0.110. The van der Waals surface area contributed by atoms with Crippen molar-refractivity contribution in [2.24, 2.45) is 5.73 Å².